The van der Waals surface area contributed by atoms with Crippen molar-refractivity contribution in [3.8, 4) is 89.7 Å². The number of para-hydroxylation sites is 1. The lowest BCUT2D eigenvalue weighted by atomic mass is 9.79. The van der Waals surface area contributed by atoms with Crippen LogP contribution in [0, 0.1) is 6.85 Å². The van der Waals surface area contributed by atoms with Crippen LogP contribution >= 0.6 is 0 Å². The third kappa shape index (κ3) is 10.2. The van der Waals surface area contributed by atoms with Crippen LogP contribution in [0.4, 0.5) is 0 Å². The first-order valence-electron chi connectivity index (χ1n) is 31.5. The minimum absolute atomic E-state index is 0.0289. The van der Waals surface area contributed by atoms with Gasteiger partial charge in [0.15, 0.2) is 0 Å². The lowest BCUT2D eigenvalue weighted by molar-refractivity contribution is 0.446. The molecule has 75 heavy (non-hydrogen) atoms. The van der Waals surface area contributed by atoms with Gasteiger partial charge in [-0.05, 0) is 162 Å². The second-order valence-electron chi connectivity index (χ2n) is 22.9. The van der Waals surface area contributed by atoms with Gasteiger partial charge in [-0.25, -0.2) is 4.98 Å². The summed E-state index contributed by atoms with van der Waals surface area (Å²) in [5, 5.41) is 12.7. The Balaban J connectivity index is 1.26. The molecule has 10 rings (SSSR count). The van der Waals surface area contributed by atoms with Crippen molar-refractivity contribution in [3.05, 3.63) is 216 Å². The van der Waals surface area contributed by atoms with E-state index >= 15 is 0 Å². The maximum absolute atomic E-state index is 12.7. The molecule has 2 aromatic heterocycles. The topological polar surface area (TPSA) is 50.9 Å². The monoisotopic (exact) mass is 994 g/mol. The second kappa shape index (κ2) is 19.1. The number of phenols is 1. The number of nitrogens with zero attached hydrogens (tertiary/aromatic N) is 3. The number of aromatic nitrogens is 3. The Bertz CT molecular complexity index is 4180. The standard InChI is InChI=1S/C71H71N3O/c1-45-35-49(46-21-16-14-17-22-46)29-32-63(45)74-64-26-20-25-59(65(64)73-67(74)60-43-58(70(8,9)10)44-61(66(60)75)71(11,12)13)54-37-51(48-27-30-56(31-28-48)68(2,3)4)38-55(39-54)62-42-50(33-34-72-62)53-36-52(47-23-18-15-19-24-47)40-57(41-53)69(5,6)7/h14-44,75H,1-13H3/i1D3,5D3,6D3,7D3. The van der Waals surface area contributed by atoms with Crippen molar-refractivity contribution in [3.63, 3.8) is 0 Å². The minimum atomic E-state index is -3.50. The van der Waals surface area contributed by atoms with Crippen molar-refractivity contribution in [2.24, 2.45) is 0 Å². The van der Waals surface area contributed by atoms with E-state index in [1.54, 1.807) is 48.7 Å². The highest BCUT2D eigenvalue weighted by atomic mass is 16.3. The maximum Gasteiger partial charge on any atom is 0.149 e. The van der Waals surface area contributed by atoms with Crippen LogP contribution in [-0.2, 0) is 21.7 Å². The molecule has 0 spiro atoms. The number of phenolic OH excluding ortho intramolecular Hbond substituents is 1. The van der Waals surface area contributed by atoms with E-state index in [1.807, 2.05) is 122 Å². The predicted octanol–water partition coefficient (Wildman–Crippen LogP) is 19.3. The SMILES string of the molecule is [2H]C([2H])([2H])c1cc(-c2ccccc2)ccc1-n1c(-c2cc(C(C)(C)C)cc(C(C)(C)C)c2O)nc2c(-c3cc(-c4ccc(C(C)(C)C)cc4)cc(-c4cc(-c5cc(-c6ccccc6)cc(C(C([2H])([2H])[2H])(C([2H])([2H])[2H])C([2H])([2H])[2H])c5)ccn4)c3)cccc21. The molecule has 0 atom stereocenters. The van der Waals surface area contributed by atoms with Gasteiger partial charge in [0, 0.05) is 39.3 Å². The van der Waals surface area contributed by atoms with E-state index in [1.165, 1.54) is 12.1 Å². The fourth-order valence-corrected chi connectivity index (χ4v) is 9.94. The maximum atomic E-state index is 12.7. The molecular weight excluding hydrogens is 911 g/mol. The van der Waals surface area contributed by atoms with E-state index in [0.29, 0.717) is 72.7 Å². The number of imidazole rings is 1. The molecule has 1 N–H and O–H groups in total. The number of aryl methyl sites for hydroxylation is 1. The van der Waals surface area contributed by atoms with Crippen LogP contribution in [0.5, 0.6) is 5.75 Å². The van der Waals surface area contributed by atoms with Gasteiger partial charge in [0.25, 0.3) is 0 Å². The average molecular weight is 994 g/mol. The molecule has 10 aromatic rings. The molecular formula is C71H71N3O. The van der Waals surface area contributed by atoms with E-state index in [9.17, 15) is 5.11 Å². The fourth-order valence-electron chi connectivity index (χ4n) is 9.94. The predicted molar refractivity (Wildman–Crippen MR) is 318 cm³/mol. The van der Waals surface area contributed by atoms with Gasteiger partial charge in [0.1, 0.15) is 11.6 Å². The zero-order chi connectivity index (χ0) is 63.2. The van der Waals surface area contributed by atoms with E-state index in [-0.39, 0.29) is 27.7 Å². The summed E-state index contributed by atoms with van der Waals surface area (Å²) in [4.78, 5) is 10.5. The van der Waals surface area contributed by atoms with Gasteiger partial charge < -0.3 is 5.11 Å². The molecule has 0 amide bonds. The third-order valence-electron chi connectivity index (χ3n) is 14.2. The molecule has 0 bridgehead atoms. The van der Waals surface area contributed by atoms with Gasteiger partial charge >= 0.3 is 0 Å². The Morgan fingerprint density at radius 3 is 1.63 bits per heavy atom. The highest BCUT2D eigenvalue weighted by molar-refractivity contribution is 5.98. The van der Waals surface area contributed by atoms with Crippen molar-refractivity contribution in [2.45, 2.75) is 111 Å². The Labute approximate surface area is 462 Å². The van der Waals surface area contributed by atoms with Gasteiger partial charge in [-0.2, -0.15) is 0 Å². The number of fused-ring (bicyclic) bond motifs is 1. The second-order valence-corrected chi connectivity index (χ2v) is 22.9. The molecule has 4 heteroatoms. The third-order valence-corrected chi connectivity index (χ3v) is 14.2. The summed E-state index contributed by atoms with van der Waals surface area (Å²) in [7, 11) is 0. The number of rotatable bonds is 8. The van der Waals surface area contributed by atoms with Crippen LogP contribution in [0.15, 0.2) is 188 Å². The van der Waals surface area contributed by atoms with E-state index in [2.05, 4.69) is 71.9 Å². The summed E-state index contributed by atoms with van der Waals surface area (Å²) >= 11 is 0. The van der Waals surface area contributed by atoms with Crippen molar-refractivity contribution < 1.29 is 21.6 Å². The highest BCUT2D eigenvalue weighted by Crippen LogP contribution is 2.46. The molecule has 0 fully saturated rings. The van der Waals surface area contributed by atoms with Crippen molar-refractivity contribution in [1.29, 1.82) is 0 Å². The number of benzene rings is 8. The fraction of sp³-hybridized carbons (Fsp3) is 0.239. The zero-order valence-corrected chi connectivity index (χ0v) is 44.2. The van der Waals surface area contributed by atoms with Gasteiger partial charge in [-0.3, -0.25) is 9.55 Å². The lowest BCUT2D eigenvalue weighted by Crippen LogP contribution is -2.17. The van der Waals surface area contributed by atoms with Gasteiger partial charge in [0.2, 0.25) is 0 Å². The first-order chi connectivity index (χ1) is 40.5. The Morgan fingerprint density at radius 1 is 0.427 bits per heavy atom. The zero-order valence-electron chi connectivity index (χ0n) is 56.2. The Hall–Kier alpha value is -7.82. The quantitative estimate of drug-likeness (QED) is 0.165. The van der Waals surface area contributed by atoms with Gasteiger partial charge in [0.05, 0.1) is 28.0 Å². The summed E-state index contributed by atoms with van der Waals surface area (Å²) in [5.74, 6) is 0.367. The Morgan fingerprint density at radius 2 is 0.987 bits per heavy atom. The molecule has 0 aliphatic rings. The molecule has 4 nitrogen and oxygen atoms in total. The van der Waals surface area contributed by atoms with Crippen molar-refractivity contribution >= 4 is 11.0 Å². The minimum Gasteiger partial charge on any atom is -0.507 e. The highest BCUT2D eigenvalue weighted by Gasteiger charge is 2.29. The van der Waals surface area contributed by atoms with Crippen LogP contribution in [0.3, 0.4) is 0 Å². The first kappa shape index (κ1) is 37.8. The van der Waals surface area contributed by atoms with Crippen LogP contribution in [0.25, 0.3) is 95.0 Å². The molecule has 2 heterocycles. The lowest BCUT2D eigenvalue weighted by Gasteiger charge is -2.27. The summed E-state index contributed by atoms with van der Waals surface area (Å²) < 4.78 is 107. The van der Waals surface area contributed by atoms with Crippen LogP contribution in [0.1, 0.15) is 127 Å². The summed E-state index contributed by atoms with van der Waals surface area (Å²) in [6, 6.07) is 56.4. The van der Waals surface area contributed by atoms with Gasteiger partial charge in [-0.15, -0.1) is 0 Å². The Kier molecular flexibility index (Phi) is 9.66. The normalized spacial score (nSPS) is 15.4. The van der Waals surface area contributed by atoms with Crippen molar-refractivity contribution in [2.75, 3.05) is 0 Å². The first-order valence-corrected chi connectivity index (χ1v) is 25.5. The van der Waals surface area contributed by atoms with Gasteiger partial charge in [-0.1, -0.05) is 204 Å². The number of hydrogen-bond acceptors (Lipinski definition) is 3. The molecule has 376 valence electrons. The summed E-state index contributed by atoms with van der Waals surface area (Å²) in [6.07, 6.45) is 1.61. The molecule has 0 aliphatic carbocycles. The average Bonchev–Trinajstić information content (AvgIpc) is 1.02. The van der Waals surface area contributed by atoms with Crippen LogP contribution in [-0.4, -0.2) is 19.6 Å². The smallest absolute Gasteiger partial charge is 0.149 e. The molecule has 0 aliphatic heterocycles. The van der Waals surface area contributed by atoms with E-state index < -0.39 is 38.2 Å². The molecule has 0 radical (unpaired) electrons. The summed E-state index contributed by atoms with van der Waals surface area (Å²) in [6.45, 7) is 5.84. The number of aromatic hydroxyl groups is 1. The molecule has 0 unspecified atom stereocenters. The largest absolute Gasteiger partial charge is 0.507 e. The van der Waals surface area contributed by atoms with E-state index in [4.69, 9.17) is 26.4 Å². The van der Waals surface area contributed by atoms with Crippen LogP contribution in [0.2, 0.25) is 0 Å². The van der Waals surface area contributed by atoms with Crippen molar-refractivity contribution in [1.82, 2.24) is 14.5 Å². The molecule has 0 saturated heterocycles. The number of pyridine rings is 1. The molecule has 0 saturated carbocycles. The summed E-state index contributed by atoms with van der Waals surface area (Å²) in [5.41, 5.74) is 7.89. The van der Waals surface area contributed by atoms with Crippen LogP contribution < -0.4 is 0 Å². The number of hydrogen-bond donors (Lipinski definition) is 1. The van der Waals surface area contributed by atoms with E-state index in [0.717, 1.165) is 38.9 Å². The molecule has 8 aromatic carbocycles.